The van der Waals surface area contributed by atoms with Crippen LogP contribution in [-0.2, 0) is 0 Å². The van der Waals surface area contributed by atoms with Gasteiger partial charge in [-0.2, -0.15) is 5.26 Å². The molecule has 0 bridgehead atoms. The highest BCUT2D eigenvalue weighted by Crippen LogP contribution is 2.16. The number of aryl methyl sites for hydroxylation is 1. The molecule has 0 radical (unpaired) electrons. The predicted molar refractivity (Wildman–Crippen MR) is 81.7 cm³/mol. The molecule has 0 aromatic carbocycles. The van der Waals surface area contributed by atoms with Crippen molar-refractivity contribution in [3.05, 3.63) is 23.4 Å². The summed E-state index contributed by atoms with van der Waals surface area (Å²) >= 11 is 0. The minimum absolute atomic E-state index is 0.645. The van der Waals surface area contributed by atoms with E-state index in [1.807, 2.05) is 19.1 Å². The molecule has 4 heteroatoms. The Balaban J connectivity index is 1.70. The van der Waals surface area contributed by atoms with E-state index < -0.39 is 0 Å². The van der Waals surface area contributed by atoms with E-state index in [9.17, 15) is 0 Å². The summed E-state index contributed by atoms with van der Waals surface area (Å²) in [5.41, 5.74) is 1.43. The monoisotopic (exact) mass is 272 g/mol. The van der Waals surface area contributed by atoms with Crippen molar-refractivity contribution in [3.8, 4) is 6.07 Å². The van der Waals surface area contributed by atoms with Crippen LogP contribution in [-0.4, -0.2) is 24.1 Å². The topological polar surface area (TPSA) is 60.7 Å². The first-order chi connectivity index (χ1) is 9.79. The Kier molecular flexibility index (Phi) is 5.82. The number of hydrogen-bond acceptors (Lipinski definition) is 4. The summed E-state index contributed by atoms with van der Waals surface area (Å²) in [6.45, 7) is 3.70. The van der Waals surface area contributed by atoms with Crippen LogP contribution in [0.1, 0.15) is 49.8 Å². The molecule has 0 amide bonds. The van der Waals surface area contributed by atoms with Crippen molar-refractivity contribution in [2.24, 2.45) is 0 Å². The molecule has 0 atom stereocenters. The van der Waals surface area contributed by atoms with Crippen molar-refractivity contribution in [2.75, 3.05) is 18.4 Å². The second kappa shape index (κ2) is 7.86. The molecule has 0 spiro atoms. The smallest absolute Gasteiger partial charge is 0.126 e. The second-order valence-electron chi connectivity index (χ2n) is 5.51. The Bertz CT molecular complexity index is 456. The van der Waals surface area contributed by atoms with Gasteiger partial charge in [-0.25, -0.2) is 4.98 Å². The third kappa shape index (κ3) is 4.50. The molecule has 0 unspecified atom stereocenters. The van der Waals surface area contributed by atoms with Crippen LogP contribution in [0.3, 0.4) is 0 Å². The summed E-state index contributed by atoms with van der Waals surface area (Å²) in [4.78, 5) is 4.38. The van der Waals surface area contributed by atoms with Gasteiger partial charge >= 0.3 is 0 Å². The maximum absolute atomic E-state index is 8.87. The summed E-state index contributed by atoms with van der Waals surface area (Å²) in [5, 5.41) is 15.8. The van der Waals surface area contributed by atoms with E-state index >= 15 is 0 Å². The van der Waals surface area contributed by atoms with Gasteiger partial charge in [-0.05, 0) is 31.9 Å². The van der Waals surface area contributed by atoms with Gasteiger partial charge in [0.2, 0.25) is 0 Å². The standard InChI is InChI=1S/C16H24N4/c1-13-14(12-17)8-9-16(20-13)19-11-10-18-15-6-4-2-3-5-7-15/h8-9,15,18H,2-7,10-11H2,1H3,(H,19,20). The number of pyridine rings is 1. The van der Waals surface area contributed by atoms with Crippen molar-refractivity contribution < 1.29 is 0 Å². The van der Waals surface area contributed by atoms with E-state index in [1.165, 1.54) is 38.5 Å². The minimum Gasteiger partial charge on any atom is -0.369 e. The molecule has 1 aromatic heterocycles. The molecule has 2 N–H and O–H groups in total. The maximum atomic E-state index is 8.87. The zero-order valence-corrected chi connectivity index (χ0v) is 12.3. The summed E-state index contributed by atoms with van der Waals surface area (Å²) in [6.07, 6.45) is 8.14. The molecule has 0 aliphatic heterocycles. The molecular weight excluding hydrogens is 248 g/mol. The molecule has 20 heavy (non-hydrogen) atoms. The highest BCUT2D eigenvalue weighted by molar-refractivity contribution is 5.42. The van der Waals surface area contributed by atoms with Crippen LogP contribution in [0.5, 0.6) is 0 Å². The molecule has 2 rings (SSSR count). The molecular formula is C16H24N4. The molecule has 1 aromatic rings. The van der Waals surface area contributed by atoms with Gasteiger partial charge in [-0.3, -0.25) is 0 Å². The third-order valence-electron chi connectivity index (χ3n) is 3.93. The Morgan fingerprint density at radius 2 is 1.95 bits per heavy atom. The Morgan fingerprint density at radius 3 is 2.60 bits per heavy atom. The highest BCUT2D eigenvalue weighted by atomic mass is 15.0. The molecule has 1 heterocycles. The van der Waals surface area contributed by atoms with Crippen molar-refractivity contribution >= 4 is 5.82 Å². The molecule has 1 fully saturated rings. The Hall–Kier alpha value is -1.60. The summed E-state index contributed by atoms with van der Waals surface area (Å²) < 4.78 is 0. The zero-order valence-electron chi connectivity index (χ0n) is 12.3. The fraction of sp³-hybridized carbons (Fsp3) is 0.625. The van der Waals surface area contributed by atoms with Gasteiger partial charge in [0.05, 0.1) is 11.3 Å². The van der Waals surface area contributed by atoms with E-state index in [4.69, 9.17) is 5.26 Å². The lowest BCUT2D eigenvalue weighted by molar-refractivity contribution is 0.468. The summed E-state index contributed by atoms with van der Waals surface area (Å²) in [6, 6.07) is 6.52. The number of rotatable bonds is 5. The van der Waals surface area contributed by atoms with Crippen LogP contribution in [0.15, 0.2) is 12.1 Å². The van der Waals surface area contributed by atoms with E-state index in [-0.39, 0.29) is 0 Å². The average molecular weight is 272 g/mol. The van der Waals surface area contributed by atoms with Gasteiger partial charge < -0.3 is 10.6 Å². The molecule has 1 aliphatic rings. The predicted octanol–water partition coefficient (Wildman–Crippen LogP) is 2.99. The van der Waals surface area contributed by atoms with Gasteiger partial charge in [0.1, 0.15) is 11.9 Å². The fourth-order valence-corrected chi connectivity index (χ4v) is 2.73. The van der Waals surface area contributed by atoms with Crippen molar-refractivity contribution in [2.45, 2.75) is 51.5 Å². The first kappa shape index (κ1) is 14.8. The lowest BCUT2D eigenvalue weighted by Crippen LogP contribution is -2.32. The van der Waals surface area contributed by atoms with Gasteiger partial charge in [-0.1, -0.05) is 25.7 Å². The number of aromatic nitrogens is 1. The van der Waals surface area contributed by atoms with Gasteiger partial charge in [0.25, 0.3) is 0 Å². The fourth-order valence-electron chi connectivity index (χ4n) is 2.73. The largest absolute Gasteiger partial charge is 0.369 e. The van der Waals surface area contributed by atoms with E-state index in [1.54, 1.807) is 0 Å². The summed E-state index contributed by atoms with van der Waals surface area (Å²) in [7, 11) is 0. The van der Waals surface area contributed by atoms with Crippen LogP contribution < -0.4 is 10.6 Å². The van der Waals surface area contributed by atoms with Crippen molar-refractivity contribution in [3.63, 3.8) is 0 Å². The lowest BCUT2D eigenvalue weighted by Gasteiger charge is -2.16. The number of anilines is 1. The molecule has 0 saturated heterocycles. The quantitative estimate of drug-likeness (QED) is 0.639. The Labute approximate surface area is 121 Å². The van der Waals surface area contributed by atoms with Crippen LogP contribution in [0.2, 0.25) is 0 Å². The SMILES string of the molecule is Cc1nc(NCCNC2CCCCCC2)ccc1C#N. The number of hydrogen-bond donors (Lipinski definition) is 2. The number of nitriles is 1. The zero-order chi connectivity index (χ0) is 14.2. The van der Waals surface area contributed by atoms with Crippen LogP contribution >= 0.6 is 0 Å². The van der Waals surface area contributed by atoms with Gasteiger partial charge in [-0.15, -0.1) is 0 Å². The van der Waals surface area contributed by atoms with Crippen molar-refractivity contribution in [1.29, 1.82) is 5.26 Å². The number of nitrogens with one attached hydrogen (secondary N) is 2. The van der Waals surface area contributed by atoms with E-state index in [0.717, 1.165) is 24.6 Å². The summed E-state index contributed by atoms with van der Waals surface area (Å²) in [5.74, 6) is 0.851. The third-order valence-corrected chi connectivity index (χ3v) is 3.93. The molecule has 108 valence electrons. The first-order valence-electron chi connectivity index (χ1n) is 7.64. The lowest BCUT2D eigenvalue weighted by atomic mass is 10.1. The average Bonchev–Trinajstić information content (AvgIpc) is 2.72. The highest BCUT2D eigenvalue weighted by Gasteiger charge is 2.10. The van der Waals surface area contributed by atoms with Crippen LogP contribution in [0.25, 0.3) is 0 Å². The second-order valence-corrected chi connectivity index (χ2v) is 5.51. The van der Waals surface area contributed by atoms with Crippen molar-refractivity contribution in [1.82, 2.24) is 10.3 Å². The maximum Gasteiger partial charge on any atom is 0.126 e. The van der Waals surface area contributed by atoms with E-state index in [2.05, 4.69) is 21.7 Å². The Morgan fingerprint density at radius 1 is 1.20 bits per heavy atom. The molecule has 4 nitrogen and oxygen atoms in total. The molecule has 1 aliphatic carbocycles. The van der Waals surface area contributed by atoms with E-state index in [0.29, 0.717) is 11.6 Å². The van der Waals surface area contributed by atoms with Crippen LogP contribution in [0, 0.1) is 18.3 Å². The molecule has 1 saturated carbocycles. The van der Waals surface area contributed by atoms with Gasteiger partial charge in [0, 0.05) is 19.1 Å². The number of nitrogens with zero attached hydrogens (tertiary/aromatic N) is 2. The minimum atomic E-state index is 0.645. The normalized spacial score (nSPS) is 16.4. The van der Waals surface area contributed by atoms with Gasteiger partial charge in [0.15, 0.2) is 0 Å². The van der Waals surface area contributed by atoms with Crippen LogP contribution in [0.4, 0.5) is 5.82 Å². The first-order valence-corrected chi connectivity index (χ1v) is 7.64.